The number of carboxylic acids is 1. The van der Waals surface area contributed by atoms with Crippen LogP contribution in [0.1, 0.15) is 24.8 Å². The zero-order valence-corrected chi connectivity index (χ0v) is 14.3. The zero-order chi connectivity index (χ0) is 17.6. The third-order valence-corrected chi connectivity index (χ3v) is 5.34. The first-order chi connectivity index (χ1) is 12.1. The lowest BCUT2D eigenvalue weighted by Gasteiger charge is -2.39. The summed E-state index contributed by atoms with van der Waals surface area (Å²) < 4.78 is 10.7. The van der Waals surface area contributed by atoms with Gasteiger partial charge in [0.25, 0.3) is 0 Å². The Balaban J connectivity index is 1.47. The van der Waals surface area contributed by atoms with Gasteiger partial charge in [-0.05, 0) is 36.7 Å². The number of ether oxygens (including phenoxy) is 2. The van der Waals surface area contributed by atoms with Crippen molar-refractivity contribution in [1.82, 2.24) is 4.90 Å². The van der Waals surface area contributed by atoms with Crippen LogP contribution in [0.2, 0.25) is 0 Å². The van der Waals surface area contributed by atoms with E-state index in [1.165, 1.54) is 0 Å². The van der Waals surface area contributed by atoms with Gasteiger partial charge in [0.15, 0.2) is 0 Å². The quantitative estimate of drug-likeness (QED) is 0.906. The van der Waals surface area contributed by atoms with Crippen molar-refractivity contribution in [1.29, 1.82) is 0 Å². The highest BCUT2D eigenvalue weighted by molar-refractivity contribution is 5.70. The molecule has 0 spiro atoms. The number of nitrogens with zero attached hydrogens (tertiary/aromatic N) is 1. The van der Waals surface area contributed by atoms with Crippen molar-refractivity contribution >= 4 is 12.1 Å². The average Bonchev–Trinajstić information content (AvgIpc) is 2.67. The minimum Gasteiger partial charge on any atom is -0.481 e. The molecule has 2 fully saturated rings. The van der Waals surface area contributed by atoms with Gasteiger partial charge in [0.05, 0.1) is 12.5 Å². The van der Waals surface area contributed by atoms with Crippen LogP contribution >= 0.6 is 0 Å². The largest absolute Gasteiger partial charge is 0.481 e. The Morgan fingerprint density at radius 2 is 1.88 bits per heavy atom. The van der Waals surface area contributed by atoms with Crippen LogP contribution in [-0.2, 0) is 20.9 Å². The molecule has 2 aliphatic rings. The van der Waals surface area contributed by atoms with Crippen LogP contribution in [0.5, 0.6) is 0 Å². The number of likely N-dealkylation sites (tertiary alicyclic amines) is 1. The van der Waals surface area contributed by atoms with Crippen LogP contribution < -0.4 is 0 Å². The maximum atomic E-state index is 12.2. The van der Waals surface area contributed by atoms with Crippen molar-refractivity contribution in [2.45, 2.75) is 25.9 Å². The van der Waals surface area contributed by atoms with Crippen LogP contribution in [0.25, 0.3) is 0 Å². The van der Waals surface area contributed by atoms with Crippen molar-refractivity contribution in [3.63, 3.8) is 0 Å². The number of hydrogen-bond donors (Lipinski definition) is 1. The predicted octanol–water partition coefficient (Wildman–Crippen LogP) is 2.77. The molecule has 1 amide bonds. The average molecular weight is 347 g/mol. The molecule has 2 saturated heterocycles. The molecular formula is C19H25NO5. The van der Waals surface area contributed by atoms with E-state index in [4.69, 9.17) is 9.47 Å². The van der Waals surface area contributed by atoms with E-state index in [9.17, 15) is 14.7 Å². The molecule has 25 heavy (non-hydrogen) atoms. The molecular weight excluding hydrogens is 322 g/mol. The van der Waals surface area contributed by atoms with Gasteiger partial charge in [-0.2, -0.15) is 0 Å². The highest BCUT2D eigenvalue weighted by Crippen LogP contribution is 2.35. The number of benzene rings is 1. The Morgan fingerprint density at radius 3 is 2.56 bits per heavy atom. The Hall–Kier alpha value is -2.08. The molecule has 0 bridgehead atoms. The summed E-state index contributed by atoms with van der Waals surface area (Å²) >= 11 is 0. The molecule has 3 rings (SSSR count). The van der Waals surface area contributed by atoms with Crippen molar-refractivity contribution in [2.24, 2.45) is 17.8 Å². The smallest absolute Gasteiger partial charge is 0.410 e. The maximum Gasteiger partial charge on any atom is 0.410 e. The van der Waals surface area contributed by atoms with E-state index < -0.39 is 11.9 Å². The van der Waals surface area contributed by atoms with Gasteiger partial charge in [-0.25, -0.2) is 4.79 Å². The number of aliphatic carboxylic acids is 1. The molecule has 1 aromatic carbocycles. The molecule has 0 radical (unpaired) electrons. The molecule has 0 aliphatic carbocycles. The van der Waals surface area contributed by atoms with E-state index in [1.54, 1.807) is 4.90 Å². The van der Waals surface area contributed by atoms with Crippen LogP contribution in [0.15, 0.2) is 30.3 Å². The zero-order valence-electron chi connectivity index (χ0n) is 14.3. The fraction of sp³-hybridized carbons (Fsp3) is 0.579. The summed E-state index contributed by atoms with van der Waals surface area (Å²) in [7, 11) is 0. The monoisotopic (exact) mass is 347 g/mol. The second kappa shape index (κ2) is 8.34. The summed E-state index contributed by atoms with van der Waals surface area (Å²) in [4.78, 5) is 25.4. The second-order valence-corrected chi connectivity index (χ2v) is 6.84. The van der Waals surface area contributed by atoms with Crippen molar-refractivity contribution in [3.05, 3.63) is 35.9 Å². The highest BCUT2D eigenvalue weighted by atomic mass is 16.6. The SMILES string of the molecule is O=C(O)C1COCCC1C1CCN(C(=O)OCc2ccccc2)CC1. The van der Waals surface area contributed by atoms with E-state index in [1.807, 2.05) is 30.3 Å². The molecule has 1 aromatic rings. The van der Waals surface area contributed by atoms with Gasteiger partial charge < -0.3 is 19.5 Å². The lowest BCUT2D eigenvalue weighted by Crippen LogP contribution is -2.44. The Labute approximate surface area is 147 Å². The number of carbonyl (C=O) groups excluding carboxylic acids is 1. The van der Waals surface area contributed by atoms with Gasteiger partial charge in [-0.3, -0.25) is 4.79 Å². The van der Waals surface area contributed by atoms with E-state index in [0.717, 1.165) is 24.8 Å². The van der Waals surface area contributed by atoms with Crippen LogP contribution in [-0.4, -0.2) is 48.4 Å². The summed E-state index contributed by atoms with van der Waals surface area (Å²) in [6.45, 7) is 2.47. The first kappa shape index (κ1) is 17.7. The molecule has 136 valence electrons. The number of carbonyl (C=O) groups is 2. The fourth-order valence-corrected chi connectivity index (χ4v) is 3.89. The summed E-state index contributed by atoms with van der Waals surface area (Å²) in [6, 6.07) is 9.62. The number of hydrogen-bond acceptors (Lipinski definition) is 4. The molecule has 2 atom stereocenters. The van der Waals surface area contributed by atoms with Gasteiger partial charge in [-0.1, -0.05) is 30.3 Å². The fourth-order valence-electron chi connectivity index (χ4n) is 3.89. The standard InChI is InChI=1S/C19H25NO5/c21-18(22)17-13-24-11-8-16(17)15-6-9-20(10-7-15)19(23)25-12-14-4-2-1-3-5-14/h1-5,15-17H,6-13H2,(H,21,22). The number of carboxylic acid groups (broad SMARTS) is 1. The Bertz CT molecular complexity index is 583. The number of piperidine rings is 1. The van der Waals surface area contributed by atoms with E-state index >= 15 is 0 Å². The molecule has 1 N–H and O–H groups in total. The van der Waals surface area contributed by atoms with Crippen LogP contribution in [0.3, 0.4) is 0 Å². The first-order valence-corrected chi connectivity index (χ1v) is 8.91. The molecule has 6 heteroatoms. The molecule has 0 saturated carbocycles. The van der Waals surface area contributed by atoms with Crippen LogP contribution in [0.4, 0.5) is 4.79 Å². The minimum absolute atomic E-state index is 0.147. The van der Waals surface area contributed by atoms with E-state index in [2.05, 4.69) is 0 Å². The summed E-state index contributed by atoms with van der Waals surface area (Å²) in [5.41, 5.74) is 0.970. The van der Waals surface area contributed by atoms with Crippen molar-refractivity contribution in [2.75, 3.05) is 26.3 Å². The molecule has 2 aliphatic heterocycles. The lowest BCUT2D eigenvalue weighted by atomic mass is 9.74. The Kier molecular flexibility index (Phi) is 5.91. The first-order valence-electron chi connectivity index (χ1n) is 8.91. The van der Waals surface area contributed by atoms with Gasteiger partial charge in [0.1, 0.15) is 6.61 Å². The van der Waals surface area contributed by atoms with E-state index in [0.29, 0.717) is 32.2 Å². The summed E-state index contributed by atoms with van der Waals surface area (Å²) in [6.07, 6.45) is 2.16. The Morgan fingerprint density at radius 1 is 1.16 bits per heavy atom. The second-order valence-electron chi connectivity index (χ2n) is 6.84. The third-order valence-electron chi connectivity index (χ3n) is 5.34. The minimum atomic E-state index is -0.769. The highest BCUT2D eigenvalue weighted by Gasteiger charge is 2.38. The number of rotatable bonds is 4. The van der Waals surface area contributed by atoms with Gasteiger partial charge >= 0.3 is 12.1 Å². The summed E-state index contributed by atoms with van der Waals surface area (Å²) in [5.74, 6) is -0.707. The lowest BCUT2D eigenvalue weighted by molar-refractivity contribution is -0.151. The third kappa shape index (κ3) is 4.51. The normalized spacial score (nSPS) is 24.7. The summed E-state index contributed by atoms with van der Waals surface area (Å²) in [5, 5.41) is 9.39. The topological polar surface area (TPSA) is 76.1 Å². The molecule has 2 unspecified atom stereocenters. The molecule has 0 aromatic heterocycles. The van der Waals surface area contributed by atoms with Gasteiger partial charge in [0.2, 0.25) is 0 Å². The van der Waals surface area contributed by atoms with Crippen LogP contribution in [0, 0.1) is 17.8 Å². The van der Waals surface area contributed by atoms with Crippen molar-refractivity contribution < 1.29 is 24.2 Å². The molecule has 2 heterocycles. The maximum absolute atomic E-state index is 12.2. The predicted molar refractivity (Wildman–Crippen MR) is 91.0 cm³/mol. The molecule has 6 nitrogen and oxygen atoms in total. The van der Waals surface area contributed by atoms with Gasteiger partial charge in [0, 0.05) is 19.7 Å². The van der Waals surface area contributed by atoms with Crippen molar-refractivity contribution in [3.8, 4) is 0 Å². The van der Waals surface area contributed by atoms with Gasteiger partial charge in [-0.15, -0.1) is 0 Å². The van der Waals surface area contributed by atoms with E-state index in [-0.39, 0.29) is 18.6 Å². The number of amides is 1.